The van der Waals surface area contributed by atoms with E-state index in [9.17, 15) is 0 Å². The van der Waals surface area contributed by atoms with Crippen molar-refractivity contribution in [2.24, 2.45) is 0 Å². The molecule has 0 aliphatic carbocycles. The number of halogens is 2. The molecule has 0 aliphatic heterocycles. The zero-order valence-corrected chi connectivity index (χ0v) is 9.19. The standard InChI is InChI=1S/C9H8BrClN2/c10-8-3-2-7(6-9(8)11)13-5-1-4-12/h2-3,6,13H,1,5H2. The van der Waals surface area contributed by atoms with Crippen LogP contribution in [0.15, 0.2) is 22.7 Å². The van der Waals surface area contributed by atoms with Gasteiger partial charge in [0.05, 0.1) is 17.5 Å². The van der Waals surface area contributed by atoms with E-state index in [1.807, 2.05) is 18.2 Å². The summed E-state index contributed by atoms with van der Waals surface area (Å²) in [4.78, 5) is 0. The summed E-state index contributed by atoms with van der Waals surface area (Å²) in [6.07, 6.45) is 0.494. The zero-order chi connectivity index (χ0) is 9.68. The fraction of sp³-hybridized carbons (Fsp3) is 0.222. The maximum Gasteiger partial charge on any atom is 0.0640 e. The summed E-state index contributed by atoms with van der Waals surface area (Å²) in [6, 6.07) is 7.66. The highest BCUT2D eigenvalue weighted by atomic mass is 79.9. The molecule has 1 aromatic rings. The monoisotopic (exact) mass is 258 g/mol. The van der Waals surface area contributed by atoms with Crippen LogP contribution in [-0.2, 0) is 0 Å². The maximum absolute atomic E-state index is 8.32. The molecule has 0 bridgehead atoms. The Kier molecular flexibility index (Phi) is 4.07. The predicted molar refractivity (Wildman–Crippen MR) is 57.9 cm³/mol. The largest absolute Gasteiger partial charge is 0.384 e. The Morgan fingerprint density at radius 2 is 2.31 bits per heavy atom. The molecule has 1 N–H and O–H groups in total. The molecule has 0 aliphatic rings. The van der Waals surface area contributed by atoms with Gasteiger partial charge in [0.1, 0.15) is 0 Å². The van der Waals surface area contributed by atoms with Crippen LogP contribution in [0.4, 0.5) is 5.69 Å². The number of hydrogen-bond donors (Lipinski definition) is 1. The number of benzene rings is 1. The number of nitrogens with zero attached hydrogens (tertiary/aromatic N) is 1. The van der Waals surface area contributed by atoms with Crippen molar-refractivity contribution in [1.29, 1.82) is 5.26 Å². The van der Waals surface area contributed by atoms with Gasteiger partial charge >= 0.3 is 0 Å². The molecule has 1 rings (SSSR count). The van der Waals surface area contributed by atoms with Crippen LogP contribution in [0.25, 0.3) is 0 Å². The Labute approximate surface area is 90.6 Å². The lowest BCUT2D eigenvalue weighted by molar-refractivity contribution is 1.08. The van der Waals surface area contributed by atoms with E-state index in [4.69, 9.17) is 16.9 Å². The smallest absolute Gasteiger partial charge is 0.0640 e. The number of anilines is 1. The van der Waals surface area contributed by atoms with E-state index in [1.54, 1.807) is 0 Å². The fourth-order valence-electron chi connectivity index (χ4n) is 0.869. The van der Waals surface area contributed by atoms with Gasteiger partial charge in [-0.2, -0.15) is 5.26 Å². The van der Waals surface area contributed by atoms with E-state index in [0.29, 0.717) is 18.0 Å². The number of rotatable bonds is 3. The third-order valence-electron chi connectivity index (χ3n) is 1.49. The molecule has 2 nitrogen and oxygen atoms in total. The molecule has 0 saturated heterocycles. The molecule has 0 atom stereocenters. The van der Waals surface area contributed by atoms with Crippen LogP contribution >= 0.6 is 27.5 Å². The zero-order valence-electron chi connectivity index (χ0n) is 6.85. The van der Waals surface area contributed by atoms with Crippen LogP contribution in [0.3, 0.4) is 0 Å². The lowest BCUT2D eigenvalue weighted by atomic mass is 10.3. The molecule has 0 spiro atoms. The van der Waals surface area contributed by atoms with Crippen LogP contribution in [-0.4, -0.2) is 6.54 Å². The summed E-state index contributed by atoms with van der Waals surface area (Å²) in [5.41, 5.74) is 0.934. The van der Waals surface area contributed by atoms with Crippen LogP contribution in [0.1, 0.15) is 6.42 Å². The molecule has 0 saturated carbocycles. The lowest BCUT2D eigenvalue weighted by Gasteiger charge is -2.04. The second-order valence-electron chi connectivity index (χ2n) is 2.46. The number of nitriles is 1. The molecular formula is C9H8BrClN2. The minimum absolute atomic E-state index is 0.494. The second-order valence-corrected chi connectivity index (χ2v) is 3.73. The van der Waals surface area contributed by atoms with Gasteiger partial charge in [0, 0.05) is 16.7 Å². The van der Waals surface area contributed by atoms with Gasteiger partial charge in [-0.25, -0.2) is 0 Å². The lowest BCUT2D eigenvalue weighted by Crippen LogP contribution is -1.99. The first-order chi connectivity index (χ1) is 6.24. The summed E-state index contributed by atoms with van der Waals surface area (Å²) < 4.78 is 0.875. The quantitative estimate of drug-likeness (QED) is 0.844. The average molecular weight is 260 g/mol. The molecule has 68 valence electrons. The van der Waals surface area contributed by atoms with Gasteiger partial charge in [-0.05, 0) is 34.1 Å². The van der Waals surface area contributed by atoms with Gasteiger partial charge < -0.3 is 5.32 Å². The predicted octanol–water partition coefficient (Wildman–Crippen LogP) is 3.43. The van der Waals surface area contributed by atoms with Crippen LogP contribution in [0.2, 0.25) is 5.02 Å². The molecule has 0 amide bonds. The topological polar surface area (TPSA) is 35.8 Å². The van der Waals surface area contributed by atoms with Crippen LogP contribution in [0.5, 0.6) is 0 Å². The molecule has 4 heteroatoms. The van der Waals surface area contributed by atoms with Crippen molar-refractivity contribution in [2.45, 2.75) is 6.42 Å². The molecule has 0 fully saturated rings. The Hall–Kier alpha value is -0.720. The Morgan fingerprint density at radius 1 is 1.54 bits per heavy atom. The number of nitrogens with one attached hydrogen (secondary N) is 1. The van der Waals surface area contributed by atoms with Crippen molar-refractivity contribution in [1.82, 2.24) is 0 Å². The van der Waals surface area contributed by atoms with Crippen LogP contribution in [0, 0.1) is 11.3 Å². The second kappa shape index (κ2) is 5.11. The van der Waals surface area contributed by atoms with E-state index in [0.717, 1.165) is 10.2 Å². The third-order valence-corrected chi connectivity index (χ3v) is 2.72. The SMILES string of the molecule is N#CCCNc1ccc(Br)c(Cl)c1. The normalized spacial score (nSPS) is 9.31. The minimum atomic E-state index is 0.494. The van der Waals surface area contributed by atoms with Crippen molar-refractivity contribution in [2.75, 3.05) is 11.9 Å². The van der Waals surface area contributed by atoms with E-state index in [-0.39, 0.29) is 0 Å². The molecule has 0 radical (unpaired) electrons. The van der Waals surface area contributed by atoms with Gasteiger partial charge in [0.15, 0.2) is 0 Å². The summed E-state index contributed by atoms with van der Waals surface area (Å²) in [5, 5.41) is 12.1. The Morgan fingerprint density at radius 3 is 2.92 bits per heavy atom. The summed E-state index contributed by atoms with van der Waals surface area (Å²) in [5.74, 6) is 0. The van der Waals surface area contributed by atoms with Crippen molar-refractivity contribution in [3.05, 3.63) is 27.7 Å². The third kappa shape index (κ3) is 3.25. The maximum atomic E-state index is 8.32. The molecule has 0 heterocycles. The van der Waals surface area contributed by atoms with Crippen molar-refractivity contribution >= 4 is 33.2 Å². The molecular weight excluding hydrogens is 251 g/mol. The van der Waals surface area contributed by atoms with E-state index in [1.165, 1.54) is 0 Å². The van der Waals surface area contributed by atoms with Crippen LogP contribution < -0.4 is 5.32 Å². The first-order valence-electron chi connectivity index (χ1n) is 3.80. The molecule has 13 heavy (non-hydrogen) atoms. The minimum Gasteiger partial charge on any atom is -0.384 e. The Bertz CT molecular complexity index is 333. The first kappa shape index (κ1) is 10.4. The average Bonchev–Trinajstić information content (AvgIpc) is 2.12. The van der Waals surface area contributed by atoms with Gasteiger partial charge in [0.25, 0.3) is 0 Å². The highest BCUT2D eigenvalue weighted by molar-refractivity contribution is 9.10. The van der Waals surface area contributed by atoms with E-state index >= 15 is 0 Å². The van der Waals surface area contributed by atoms with Gasteiger partial charge in [-0.1, -0.05) is 11.6 Å². The van der Waals surface area contributed by atoms with Crippen molar-refractivity contribution in [3.63, 3.8) is 0 Å². The summed E-state index contributed by atoms with van der Waals surface area (Å²) in [7, 11) is 0. The van der Waals surface area contributed by atoms with E-state index in [2.05, 4.69) is 27.3 Å². The highest BCUT2D eigenvalue weighted by Crippen LogP contribution is 2.25. The van der Waals surface area contributed by atoms with Gasteiger partial charge in [0.2, 0.25) is 0 Å². The Balaban J connectivity index is 2.59. The summed E-state index contributed by atoms with van der Waals surface area (Å²) >= 11 is 9.17. The molecule has 0 aromatic heterocycles. The van der Waals surface area contributed by atoms with E-state index < -0.39 is 0 Å². The fourth-order valence-corrected chi connectivity index (χ4v) is 1.30. The van der Waals surface area contributed by atoms with Gasteiger partial charge in [-0.15, -0.1) is 0 Å². The van der Waals surface area contributed by atoms with Crippen molar-refractivity contribution in [3.8, 4) is 6.07 Å². The van der Waals surface area contributed by atoms with Crippen molar-refractivity contribution < 1.29 is 0 Å². The number of hydrogen-bond acceptors (Lipinski definition) is 2. The molecule has 0 unspecified atom stereocenters. The summed E-state index contributed by atoms with van der Waals surface area (Å²) in [6.45, 7) is 0.647. The first-order valence-corrected chi connectivity index (χ1v) is 4.97. The molecule has 1 aromatic carbocycles. The highest BCUT2D eigenvalue weighted by Gasteiger charge is 1.97. The van der Waals surface area contributed by atoms with Gasteiger partial charge in [-0.3, -0.25) is 0 Å².